The molecule has 4 fully saturated rings. The van der Waals surface area contributed by atoms with Crippen molar-refractivity contribution in [2.45, 2.75) is 38.5 Å². The molecule has 2 amide bonds. The van der Waals surface area contributed by atoms with Crippen molar-refractivity contribution in [2.75, 3.05) is 49.6 Å². The molecular formula is C22H29N3O3. The molecule has 150 valence electrons. The number of anilines is 2. The van der Waals surface area contributed by atoms with E-state index in [1.165, 1.54) is 0 Å². The van der Waals surface area contributed by atoms with E-state index in [9.17, 15) is 9.59 Å². The molecule has 6 heteroatoms. The monoisotopic (exact) mass is 383 g/mol. The van der Waals surface area contributed by atoms with Gasteiger partial charge in [-0.3, -0.25) is 9.59 Å². The second-order valence-corrected chi connectivity index (χ2v) is 8.97. The van der Waals surface area contributed by atoms with E-state index in [0.29, 0.717) is 5.41 Å². The Morgan fingerprint density at radius 3 is 2.36 bits per heavy atom. The standard InChI is InChI=1S/C22H29N3O3/c26-20(16-3-4-16)23-17-5-6-18(19(13-17)24-9-1-2-10-24)21(27)25-11-7-22(8-12-25)14-28-15-22/h5-6,13,16H,1-4,7-12,14-15H2,(H,23,26). The highest BCUT2D eigenvalue weighted by atomic mass is 16.5. The summed E-state index contributed by atoms with van der Waals surface area (Å²) >= 11 is 0. The maximum atomic E-state index is 13.3. The molecule has 1 N–H and O–H groups in total. The van der Waals surface area contributed by atoms with Gasteiger partial charge in [0, 0.05) is 43.2 Å². The molecule has 4 aliphatic rings. The van der Waals surface area contributed by atoms with Gasteiger partial charge in [0.25, 0.3) is 5.91 Å². The Kier molecular flexibility index (Phi) is 4.54. The summed E-state index contributed by atoms with van der Waals surface area (Å²) in [4.78, 5) is 29.8. The van der Waals surface area contributed by atoms with Crippen LogP contribution >= 0.6 is 0 Å². The summed E-state index contributed by atoms with van der Waals surface area (Å²) in [5, 5.41) is 3.03. The van der Waals surface area contributed by atoms with E-state index in [-0.39, 0.29) is 17.7 Å². The summed E-state index contributed by atoms with van der Waals surface area (Å²) in [5.74, 6) is 0.403. The lowest BCUT2D eigenvalue weighted by Gasteiger charge is -2.47. The number of carbonyl (C=O) groups is 2. The largest absolute Gasteiger partial charge is 0.380 e. The second-order valence-electron chi connectivity index (χ2n) is 8.97. The molecule has 5 rings (SSSR count). The third-order valence-electron chi connectivity index (χ3n) is 6.82. The minimum Gasteiger partial charge on any atom is -0.380 e. The molecule has 6 nitrogen and oxygen atoms in total. The molecule has 3 aliphatic heterocycles. The first-order valence-electron chi connectivity index (χ1n) is 10.7. The number of likely N-dealkylation sites (tertiary alicyclic amines) is 1. The highest BCUT2D eigenvalue weighted by Crippen LogP contribution is 2.39. The van der Waals surface area contributed by atoms with Crippen LogP contribution in [0, 0.1) is 11.3 Å². The van der Waals surface area contributed by atoms with Gasteiger partial charge in [0.1, 0.15) is 0 Å². The van der Waals surface area contributed by atoms with Gasteiger partial charge in [0.15, 0.2) is 0 Å². The third kappa shape index (κ3) is 3.39. The number of piperidine rings is 1. The van der Waals surface area contributed by atoms with Crippen LogP contribution in [-0.2, 0) is 9.53 Å². The van der Waals surface area contributed by atoms with E-state index in [4.69, 9.17) is 4.74 Å². The van der Waals surface area contributed by atoms with Gasteiger partial charge in [-0.15, -0.1) is 0 Å². The van der Waals surface area contributed by atoms with Crippen LogP contribution in [-0.4, -0.2) is 56.1 Å². The SMILES string of the molecule is O=C(Nc1ccc(C(=O)N2CCC3(CC2)COC3)c(N2CCCC2)c1)C1CC1. The summed E-state index contributed by atoms with van der Waals surface area (Å²) < 4.78 is 5.40. The van der Waals surface area contributed by atoms with Gasteiger partial charge in [-0.1, -0.05) is 0 Å². The molecule has 1 aromatic rings. The minimum absolute atomic E-state index is 0.107. The number of rotatable bonds is 4. The van der Waals surface area contributed by atoms with Crippen molar-refractivity contribution in [3.05, 3.63) is 23.8 Å². The van der Waals surface area contributed by atoms with Gasteiger partial charge < -0.3 is 19.9 Å². The van der Waals surface area contributed by atoms with Crippen LogP contribution in [0.5, 0.6) is 0 Å². The van der Waals surface area contributed by atoms with Crippen molar-refractivity contribution in [1.29, 1.82) is 0 Å². The molecular weight excluding hydrogens is 354 g/mol. The van der Waals surface area contributed by atoms with Gasteiger partial charge in [0.2, 0.25) is 5.91 Å². The zero-order valence-electron chi connectivity index (χ0n) is 16.4. The molecule has 0 bridgehead atoms. The number of hydrogen-bond donors (Lipinski definition) is 1. The van der Waals surface area contributed by atoms with Crippen LogP contribution in [0.25, 0.3) is 0 Å². The molecule has 0 atom stereocenters. The van der Waals surface area contributed by atoms with E-state index >= 15 is 0 Å². The molecule has 3 heterocycles. The average molecular weight is 383 g/mol. The summed E-state index contributed by atoms with van der Waals surface area (Å²) in [5.41, 5.74) is 2.88. The van der Waals surface area contributed by atoms with Gasteiger partial charge in [-0.05, 0) is 56.7 Å². The maximum absolute atomic E-state index is 13.3. The van der Waals surface area contributed by atoms with Crippen LogP contribution in [0.1, 0.15) is 48.9 Å². The van der Waals surface area contributed by atoms with Crippen LogP contribution in [0.4, 0.5) is 11.4 Å². The lowest BCUT2D eigenvalue weighted by atomic mass is 9.77. The Bertz CT molecular complexity index is 769. The van der Waals surface area contributed by atoms with E-state index in [1.54, 1.807) is 0 Å². The Balaban J connectivity index is 1.36. The van der Waals surface area contributed by atoms with Crippen molar-refractivity contribution in [3.63, 3.8) is 0 Å². The topological polar surface area (TPSA) is 61.9 Å². The first-order chi connectivity index (χ1) is 13.6. The molecule has 3 saturated heterocycles. The van der Waals surface area contributed by atoms with Crippen LogP contribution in [0.15, 0.2) is 18.2 Å². The highest BCUT2D eigenvalue weighted by Gasteiger charge is 2.42. The highest BCUT2D eigenvalue weighted by molar-refractivity contribution is 6.02. The second kappa shape index (κ2) is 7.07. The third-order valence-corrected chi connectivity index (χ3v) is 6.82. The number of ether oxygens (including phenoxy) is 1. The van der Waals surface area contributed by atoms with Crippen LogP contribution < -0.4 is 10.2 Å². The predicted octanol–water partition coefficient (Wildman–Crippen LogP) is 2.89. The average Bonchev–Trinajstić information content (AvgIpc) is 3.41. The predicted molar refractivity (Wildman–Crippen MR) is 108 cm³/mol. The number of nitrogens with one attached hydrogen (secondary N) is 1. The lowest BCUT2D eigenvalue weighted by Crippen LogP contribution is -2.52. The minimum atomic E-state index is 0.107. The summed E-state index contributed by atoms with van der Waals surface area (Å²) in [6.07, 6.45) is 6.35. The summed E-state index contributed by atoms with van der Waals surface area (Å²) in [6, 6.07) is 5.80. The first kappa shape index (κ1) is 18.0. The number of amides is 2. The normalized spacial score (nSPS) is 23.6. The van der Waals surface area contributed by atoms with E-state index in [1.807, 2.05) is 23.1 Å². The fourth-order valence-electron chi connectivity index (χ4n) is 4.63. The van der Waals surface area contributed by atoms with Crippen molar-refractivity contribution in [3.8, 4) is 0 Å². The quantitative estimate of drug-likeness (QED) is 0.868. The van der Waals surface area contributed by atoms with Crippen molar-refractivity contribution in [1.82, 2.24) is 4.90 Å². The Labute approximate surface area is 166 Å². The molecule has 28 heavy (non-hydrogen) atoms. The van der Waals surface area contributed by atoms with E-state index in [2.05, 4.69) is 10.2 Å². The summed E-state index contributed by atoms with van der Waals surface area (Å²) in [6.45, 7) is 5.26. The van der Waals surface area contributed by atoms with Gasteiger partial charge >= 0.3 is 0 Å². The number of nitrogens with zero attached hydrogens (tertiary/aromatic N) is 2. The maximum Gasteiger partial charge on any atom is 0.255 e. The summed E-state index contributed by atoms with van der Waals surface area (Å²) in [7, 11) is 0. The molecule has 1 aliphatic carbocycles. The molecule has 1 spiro atoms. The smallest absolute Gasteiger partial charge is 0.255 e. The van der Waals surface area contributed by atoms with Crippen LogP contribution in [0.3, 0.4) is 0 Å². The first-order valence-corrected chi connectivity index (χ1v) is 10.7. The van der Waals surface area contributed by atoms with Crippen molar-refractivity contribution >= 4 is 23.2 Å². The molecule has 0 unspecified atom stereocenters. The number of carbonyl (C=O) groups excluding carboxylic acids is 2. The van der Waals surface area contributed by atoms with Crippen molar-refractivity contribution in [2.24, 2.45) is 11.3 Å². The molecule has 0 aromatic heterocycles. The Morgan fingerprint density at radius 2 is 1.75 bits per heavy atom. The number of benzene rings is 1. The van der Waals surface area contributed by atoms with Crippen LogP contribution in [0.2, 0.25) is 0 Å². The molecule has 0 radical (unpaired) electrons. The van der Waals surface area contributed by atoms with Crippen molar-refractivity contribution < 1.29 is 14.3 Å². The fraction of sp³-hybridized carbons (Fsp3) is 0.636. The Morgan fingerprint density at radius 1 is 1.04 bits per heavy atom. The lowest BCUT2D eigenvalue weighted by molar-refractivity contribution is -0.136. The Hall–Kier alpha value is -2.08. The van der Waals surface area contributed by atoms with Gasteiger partial charge in [-0.25, -0.2) is 0 Å². The zero-order chi connectivity index (χ0) is 19.1. The number of hydrogen-bond acceptors (Lipinski definition) is 4. The molecule has 1 aromatic carbocycles. The fourth-order valence-corrected chi connectivity index (χ4v) is 4.63. The molecule has 1 saturated carbocycles. The van der Waals surface area contributed by atoms with E-state index < -0.39 is 0 Å². The van der Waals surface area contributed by atoms with Gasteiger partial charge in [-0.2, -0.15) is 0 Å². The zero-order valence-corrected chi connectivity index (χ0v) is 16.4. The van der Waals surface area contributed by atoms with E-state index in [0.717, 1.165) is 94.9 Å². The van der Waals surface area contributed by atoms with Gasteiger partial charge in [0.05, 0.1) is 24.5 Å².